The van der Waals surface area contributed by atoms with Crippen molar-refractivity contribution >= 4 is 8.60 Å². The molecule has 0 aliphatic rings. The Morgan fingerprint density at radius 2 is 1.82 bits per heavy atom. The van der Waals surface area contributed by atoms with Crippen LogP contribution >= 0.6 is 8.60 Å². The van der Waals surface area contributed by atoms with Crippen molar-refractivity contribution in [3.63, 3.8) is 0 Å². The average molecular weight is 324 g/mol. The highest BCUT2D eigenvalue weighted by atomic mass is 31.2. The summed E-state index contributed by atoms with van der Waals surface area (Å²) in [5.74, 6) is 0.909. The molecule has 4 heteroatoms. The van der Waals surface area contributed by atoms with Gasteiger partial charge in [-0.25, -0.2) is 0 Å². The van der Waals surface area contributed by atoms with E-state index in [-0.39, 0.29) is 0 Å². The molecular weight excluding hydrogens is 295 g/mol. The van der Waals surface area contributed by atoms with Crippen molar-refractivity contribution in [1.29, 1.82) is 0 Å². The first-order valence-corrected chi connectivity index (χ1v) is 9.41. The van der Waals surface area contributed by atoms with E-state index in [9.17, 15) is 0 Å². The third-order valence-electron chi connectivity index (χ3n) is 3.90. The molecule has 0 heterocycles. The van der Waals surface area contributed by atoms with E-state index >= 15 is 0 Å². The Balaban J connectivity index is 2.60. The summed E-state index contributed by atoms with van der Waals surface area (Å²) in [6, 6.07) is 7.64. The average Bonchev–Trinajstić information content (AvgIpc) is 2.50. The molecule has 1 aromatic rings. The lowest BCUT2D eigenvalue weighted by molar-refractivity contribution is 0.371. The van der Waals surface area contributed by atoms with Crippen molar-refractivity contribution in [2.24, 2.45) is 0 Å². The molecule has 2 N–H and O–H groups in total. The molecule has 1 unspecified atom stereocenters. The van der Waals surface area contributed by atoms with Crippen LogP contribution in [-0.2, 0) is 0 Å². The zero-order chi connectivity index (χ0) is 16.2. The number of benzene rings is 1. The number of hydrogen-bond donors (Lipinski definition) is 2. The standard InChI is InChI=1S/C18H29O3P/c1-3-5-6-7-8-9-13-16(12-4-2)17-14-10-11-15-18(17)21-22(19)20/h4,10-11,14-16,19-20H,2-3,5-9,12-13H2,1H3. The molecule has 1 atom stereocenters. The van der Waals surface area contributed by atoms with Crippen molar-refractivity contribution in [3.8, 4) is 5.75 Å². The Bertz CT molecular complexity index is 421. The Labute approximate surface area is 136 Å². The summed E-state index contributed by atoms with van der Waals surface area (Å²) >= 11 is 0. The molecule has 0 amide bonds. The van der Waals surface area contributed by atoms with Gasteiger partial charge in [0.25, 0.3) is 0 Å². The van der Waals surface area contributed by atoms with E-state index in [0.717, 1.165) is 18.4 Å². The molecule has 0 radical (unpaired) electrons. The van der Waals surface area contributed by atoms with Crippen LogP contribution in [0.3, 0.4) is 0 Å². The van der Waals surface area contributed by atoms with Gasteiger partial charge in [-0.2, -0.15) is 0 Å². The minimum Gasteiger partial charge on any atom is -0.427 e. The highest BCUT2D eigenvalue weighted by Crippen LogP contribution is 2.38. The van der Waals surface area contributed by atoms with E-state index in [1.54, 1.807) is 6.07 Å². The Morgan fingerprint density at radius 3 is 2.50 bits per heavy atom. The van der Waals surface area contributed by atoms with Gasteiger partial charge in [-0.15, -0.1) is 6.58 Å². The molecule has 124 valence electrons. The van der Waals surface area contributed by atoms with Crippen molar-refractivity contribution in [2.45, 2.75) is 64.2 Å². The van der Waals surface area contributed by atoms with Gasteiger partial charge in [-0.1, -0.05) is 69.7 Å². The minimum atomic E-state index is -2.38. The number of hydrogen-bond acceptors (Lipinski definition) is 3. The number of unbranched alkanes of at least 4 members (excludes halogenated alkanes) is 5. The molecule has 1 aromatic carbocycles. The SMILES string of the molecule is C=CCC(CCCCCCCC)c1ccccc1OP(O)O. The van der Waals surface area contributed by atoms with E-state index < -0.39 is 8.60 Å². The van der Waals surface area contributed by atoms with Crippen LogP contribution in [0.25, 0.3) is 0 Å². The Hall–Kier alpha value is -0.890. The molecule has 22 heavy (non-hydrogen) atoms. The van der Waals surface area contributed by atoms with Crippen LogP contribution in [0.5, 0.6) is 5.75 Å². The molecule has 0 saturated heterocycles. The summed E-state index contributed by atoms with van der Waals surface area (Å²) in [7, 11) is -2.38. The third kappa shape index (κ3) is 7.40. The maximum atomic E-state index is 9.12. The van der Waals surface area contributed by atoms with Crippen LogP contribution in [0.2, 0.25) is 0 Å². The van der Waals surface area contributed by atoms with Crippen molar-refractivity contribution in [2.75, 3.05) is 0 Å². The first kappa shape index (κ1) is 19.2. The normalized spacial score (nSPS) is 12.4. The van der Waals surface area contributed by atoms with Gasteiger partial charge in [0, 0.05) is 0 Å². The highest BCUT2D eigenvalue weighted by Gasteiger charge is 2.16. The molecule has 0 bridgehead atoms. The van der Waals surface area contributed by atoms with E-state index in [0.29, 0.717) is 11.7 Å². The number of rotatable bonds is 12. The van der Waals surface area contributed by atoms with E-state index in [1.165, 1.54) is 38.5 Å². The van der Waals surface area contributed by atoms with E-state index in [1.807, 2.05) is 24.3 Å². The second-order valence-corrected chi connectivity index (χ2v) is 6.35. The van der Waals surface area contributed by atoms with Gasteiger partial charge in [-0.05, 0) is 30.4 Å². The van der Waals surface area contributed by atoms with Crippen LogP contribution in [-0.4, -0.2) is 9.79 Å². The van der Waals surface area contributed by atoms with Gasteiger partial charge < -0.3 is 14.3 Å². The molecule has 0 aliphatic carbocycles. The molecule has 0 spiro atoms. The predicted molar refractivity (Wildman–Crippen MR) is 94.0 cm³/mol. The Morgan fingerprint density at radius 1 is 1.14 bits per heavy atom. The van der Waals surface area contributed by atoms with Crippen LogP contribution in [0.1, 0.15) is 69.8 Å². The summed E-state index contributed by atoms with van der Waals surface area (Å²) < 4.78 is 5.17. The van der Waals surface area contributed by atoms with Gasteiger partial charge >= 0.3 is 8.60 Å². The lowest BCUT2D eigenvalue weighted by atomic mass is 9.89. The summed E-state index contributed by atoms with van der Waals surface area (Å²) in [4.78, 5) is 18.2. The number of para-hydroxylation sites is 1. The Kier molecular flexibility index (Phi) is 10.1. The second kappa shape index (κ2) is 11.6. The third-order valence-corrected chi connectivity index (χ3v) is 4.26. The minimum absolute atomic E-state index is 0.329. The summed E-state index contributed by atoms with van der Waals surface area (Å²) in [5, 5.41) is 0. The van der Waals surface area contributed by atoms with Gasteiger partial charge in [0.2, 0.25) is 0 Å². The fraction of sp³-hybridized carbons (Fsp3) is 0.556. The van der Waals surface area contributed by atoms with Crippen molar-refractivity contribution in [1.82, 2.24) is 0 Å². The van der Waals surface area contributed by atoms with Crippen LogP contribution in [0.15, 0.2) is 36.9 Å². The summed E-state index contributed by atoms with van der Waals surface area (Å²) in [6.45, 7) is 6.08. The molecular formula is C18H29O3P. The lowest BCUT2D eigenvalue weighted by Gasteiger charge is -2.19. The quantitative estimate of drug-likeness (QED) is 0.295. The zero-order valence-electron chi connectivity index (χ0n) is 13.6. The van der Waals surface area contributed by atoms with Gasteiger partial charge in [0.1, 0.15) is 5.75 Å². The van der Waals surface area contributed by atoms with Gasteiger partial charge in [0.15, 0.2) is 0 Å². The largest absolute Gasteiger partial charge is 0.427 e. The number of allylic oxidation sites excluding steroid dienone is 1. The topological polar surface area (TPSA) is 49.7 Å². The molecule has 0 aromatic heterocycles. The smallest absolute Gasteiger partial charge is 0.391 e. The fourth-order valence-corrected chi connectivity index (χ4v) is 3.10. The zero-order valence-corrected chi connectivity index (χ0v) is 14.5. The van der Waals surface area contributed by atoms with Crippen LogP contribution in [0.4, 0.5) is 0 Å². The van der Waals surface area contributed by atoms with E-state index in [4.69, 9.17) is 14.3 Å². The lowest BCUT2D eigenvalue weighted by Crippen LogP contribution is -2.01. The fourth-order valence-electron chi connectivity index (χ4n) is 2.76. The molecule has 0 fully saturated rings. The maximum absolute atomic E-state index is 9.12. The van der Waals surface area contributed by atoms with E-state index in [2.05, 4.69) is 13.5 Å². The van der Waals surface area contributed by atoms with Crippen LogP contribution < -0.4 is 4.52 Å². The van der Waals surface area contributed by atoms with Crippen LogP contribution in [0, 0.1) is 0 Å². The summed E-state index contributed by atoms with van der Waals surface area (Å²) in [6.07, 6.45) is 11.5. The van der Waals surface area contributed by atoms with Crippen molar-refractivity contribution < 1.29 is 14.3 Å². The molecule has 1 rings (SSSR count). The molecule has 3 nitrogen and oxygen atoms in total. The molecule has 0 aliphatic heterocycles. The predicted octanol–water partition coefficient (Wildman–Crippen LogP) is 5.69. The monoisotopic (exact) mass is 324 g/mol. The first-order chi connectivity index (χ1) is 10.7. The van der Waals surface area contributed by atoms with Gasteiger partial charge in [0.05, 0.1) is 0 Å². The summed E-state index contributed by atoms with van der Waals surface area (Å²) in [5.41, 5.74) is 1.05. The first-order valence-electron chi connectivity index (χ1n) is 8.24. The van der Waals surface area contributed by atoms with Gasteiger partial charge in [-0.3, -0.25) is 0 Å². The maximum Gasteiger partial charge on any atom is 0.391 e. The second-order valence-electron chi connectivity index (χ2n) is 5.66. The van der Waals surface area contributed by atoms with Crippen molar-refractivity contribution in [3.05, 3.63) is 42.5 Å². The highest BCUT2D eigenvalue weighted by molar-refractivity contribution is 7.39. The molecule has 0 saturated carbocycles.